The normalized spacial score (nSPS) is 19.5. The van der Waals surface area contributed by atoms with E-state index in [1.165, 1.54) is 7.11 Å². The molecule has 1 atom stereocenters. The zero-order chi connectivity index (χ0) is 10.6. The quantitative estimate of drug-likeness (QED) is 0.532. The van der Waals surface area contributed by atoms with Crippen molar-refractivity contribution in [2.24, 2.45) is 0 Å². The lowest BCUT2D eigenvalue weighted by atomic mass is 10.3. The lowest BCUT2D eigenvalue weighted by Gasteiger charge is -2.24. The molecule has 0 aliphatic carbocycles. The predicted molar refractivity (Wildman–Crippen MR) is 50.4 cm³/mol. The zero-order valence-corrected chi connectivity index (χ0v) is 8.56. The van der Waals surface area contributed by atoms with E-state index in [0.717, 1.165) is 11.8 Å². The summed E-state index contributed by atoms with van der Waals surface area (Å²) in [6.07, 6.45) is 0.640. The maximum Gasteiger partial charge on any atom is 0.305 e. The van der Waals surface area contributed by atoms with Crippen LogP contribution in [0, 0.1) is 0 Å². The van der Waals surface area contributed by atoms with E-state index in [-0.39, 0.29) is 29.2 Å². The summed E-state index contributed by atoms with van der Waals surface area (Å²) in [5.74, 6) is -0.431. The summed E-state index contributed by atoms with van der Waals surface area (Å²) >= 11 is 1.06. The molecule has 0 radical (unpaired) electrons. The Morgan fingerprint density at radius 1 is 1.57 bits per heavy atom. The van der Waals surface area contributed by atoms with Crippen LogP contribution in [0.4, 0.5) is 0 Å². The summed E-state index contributed by atoms with van der Waals surface area (Å²) in [5, 5.41) is 2.36. The van der Waals surface area contributed by atoms with Gasteiger partial charge in [-0.05, 0) is 0 Å². The van der Waals surface area contributed by atoms with Crippen LogP contribution in [0.5, 0.6) is 0 Å². The Bertz CT molecular complexity index is 258. The smallest absolute Gasteiger partial charge is 0.305 e. The number of thioether (sulfide) groups is 1. The van der Waals surface area contributed by atoms with Gasteiger partial charge in [-0.25, -0.2) is 0 Å². The summed E-state index contributed by atoms with van der Waals surface area (Å²) in [6, 6.07) is 0. The zero-order valence-electron chi connectivity index (χ0n) is 7.74. The van der Waals surface area contributed by atoms with E-state index in [4.69, 9.17) is 0 Å². The van der Waals surface area contributed by atoms with Gasteiger partial charge in [-0.2, -0.15) is 0 Å². The molecule has 1 aliphatic rings. The van der Waals surface area contributed by atoms with E-state index in [1.807, 2.05) is 0 Å². The second-order valence-electron chi connectivity index (χ2n) is 2.83. The Kier molecular flexibility index (Phi) is 3.94. The summed E-state index contributed by atoms with van der Waals surface area (Å²) in [5.41, 5.74) is 0. The minimum Gasteiger partial charge on any atom is -0.469 e. The van der Waals surface area contributed by atoms with Crippen LogP contribution in [0.3, 0.4) is 0 Å². The van der Waals surface area contributed by atoms with E-state index in [2.05, 4.69) is 10.1 Å². The number of hydrogen-bond donors (Lipinski definition) is 1. The molecular weight excluding hydrogens is 206 g/mol. The topological polar surface area (TPSA) is 72.5 Å². The summed E-state index contributed by atoms with van der Waals surface area (Å²) in [7, 11) is 1.28. The first-order chi connectivity index (χ1) is 6.61. The number of esters is 1. The van der Waals surface area contributed by atoms with Crippen LogP contribution in [0.1, 0.15) is 19.3 Å². The van der Waals surface area contributed by atoms with Crippen molar-refractivity contribution in [1.29, 1.82) is 0 Å². The number of methoxy groups -OCH3 is 1. The number of rotatable bonds is 4. The monoisotopic (exact) mass is 217 g/mol. The molecule has 1 fully saturated rings. The first-order valence-corrected chi connectivity index (χ1v) is 5.05. The van der Waals surface area contributed by atoms with Gasteiger partial charge in [-0.15, -0.1) is 0 Å². The highest BCUT2D eigenvalue weighted by Crippen LogP contribution is 2.21. The Morgan fingerprint density at radius 2 is 2.21 bits per heavy atom. The molecule has 0 aromatic heterocycles. The molecule has 5 nitrogen and oxygen atoms in total. The highest BCUT2D eigenvalue weighted by Gasteiger charge is 2.27. The van der Waals surface area contributed by atoms with Crippen molar-refractivity contribution in [1.82, 2.24) is 5.32 Å². The van der Waals surface area contributed by atoms with Gasteiger partial charge in [-0.3, -0.25) is 14.4 Å². The van der Waals surface area contributed by atoms with Gasteiger partial charge >= 0.3 is 5.97 Å². The highest BCUT2D eigenvalue weighted by atomic mass is 32.2. The number of carbonyl (C=O) groups excluding carboxylic acids is 3. The molecule has 1 aliphatic heterocycles. The molecular formula is C8H11NO4S. The maximum absolute atomic E-state index is 11.2. The average Bonchev–Trinajstić information content (AvgIpc) is 2.11. The molecule has 14 heavy (non-hydrogen) atoms. The standard InChI is InChI=1S/C8H11NO4S/c1-13-7(11)2-3-8(12)14-6-4-5(10)9-6/h6H,2-4H2,1H3,(H,9,10)/t6-/m0/s1. The van der Waals surface area contributed by atoms with Crippen molar-refractivity contribution in [3.63, 3.8) is 0 Å². The Labute approximate surface area is 85.6 Å². The van der Waals surface area contributed by atoms with E-state index in [0.29, 0.717) is 6.42 Å². The molecule has 1 heterocycles. The first kappa shape index (κ1) is 11.0. The number of amides is 1. The van der Waals surface area contributed by atoms with E-state index < -0.39 is 5.97 Å². The molecule has 6 heteroatoms. The van der Waals surface area contributed by atoms with Crippen molar-refractivity contribution in [2.75, 3.05) is 7.11 Å². The molecule has 1 N–H and O–H groups in total. The molecule has 1 rings (SSSR count). The van der Waals surface area contributed by atoms with Crippen molar-refractivity contribution in [3.8, 4) is 0 Å². The third kappa shape index (κ3) is 3.37. The fourth-order valence-electron chi connectivity index (χ4n) is 0.922. The molecule has 0 unspecified atom stereocenters. The molecule has 0 bridgehead atoms. The number of carbonyl (C=O) groups is 3. The Balaban J connectivity index is 2.10. The molecule has 1 saturated heterocycles. The SMILES string of the molecule is COC(=O)CCC(=O)S[C@H]1CC(=O)N1. The van der Waals surface area contributed by atoms with Crippen molar-refractivity contribution < 1.29 is 19.1 Å². The predicted octanol–water partition coefficient (Wildman–Crippen LogP) is 0.0454. The van der Waals surface area contributed by atoms with Crippen LogP contribution in [0.2, 0.25) is 0 Å². The van der Waals surface area contributed by atoms with Crippen LogP contribution in [-0.2, 0) is 19.1 Å². The largest absolute Gasteiger partial charge is 0.469 e. The first-order valence-electron chi connectivity index (χ1n) is 4.17. The van der Waals surface area contributed by atoms with Crippen LogP contribution in [-0.4, -0.2) is 29.5 Å². The molecule has 0 aromatic carbocycles. The Hall–Kier alpha value is -1.04. The van der Waals surface area contributed by atoms with Gasteiger partial charge in [0.1, 0.15) is 0 Å². The van der Waals surface area contributed by atoms with Crippen LogP contribution >= 0.6 is 11.8 Å². The fraction of sp³-hybridized carbons (Fsp3) is 0.625. The minimum absolute atomic E-state index is 0.0386. The van der Waals surface area contributed by atoms with Crippen molar-refractivity contribution in [3.05, 3.63) is 0 Å². The third-order valence-electron chi connectivity index (χ3n) is 1.73. The van der Waals surface area contributed by atoms with Gasteiger partial charge < -0.3 is 10.1 Å². The second kappa shape index (κ2) is 4.99. The van der Waals surface area contributed by atoms with Crippen LogP contribution in [0.25, 0.3) is 0 Å². The lowest BCUT2D eigenvalue weighted by molar-refractivity contribution is -0.141. The molecule has 0 saturated carbocycles. The maximum atomic E-state index is 11.2. The number of β-lactam (4-membered cyclic amide) rings is 1. The number of ether oxygens (including phenoxy) is 1. The minimum atomic E-state index is -0.392. The summed E-state index contributed by atoms with van der Waals surface area (Å²) < 4.78 is 4.39. The van der Waals surface area contributed by atoms with Crippen LogP contribution in [0.15, 0.2) is 0 Å². The molecule has 78 valence electrons. The fourth-order valence-corrected chi connectivity index (χ4v) is 1.88. The number of hydrogen-bond acceptors (Lipinski definition) is 5. The van der Waals surface area contributed by atoms with Gasteiger partial charge in [0.05, 0.1) is 25.3 Å². The van der Waals surface area contributed by atoms with E-state index in [9.17, 15) is 14.4 Å². The second-order valence-corrected chi connectivity index (χ2v) is 4.09. The van der Waals surface area contributed by atoms with Gasteiger partial charge in [0.2, 0.25) is 5.91 Å². The number of nitrogens with one attached hydrogen (secondary N) is 1. The molecule has 0 spiro atoms. The average molecular weight is 217 g/mol. The van der Waals surface area contributed by atoms with Gasteiger partial charge in [0.15, 0.2) is 5.12 Å². The molecule has 0 aromatic rings. The summed E-state index contributed by atoms with van der Waals surface area (Å²) in [4.78, 5) is 32.4. The van der Waals surface area contributed by atoms with Gasteiger partial charge in [0, 0.05) is 6.42 Å². The molecule has 1 amide bonds. The van der Waals surface area contributed by atoms with E-state index >= 15 is 0 Å². The van der Waals surface area contributed by atoms with Crippen molar-refractivity contribution in [2.45, 2.75) is 24.6 Å². The van der Waals surface area contributed by atoms with Crippen molar-refractivity contribution >= 4 is 28.8 Å². The van der Waals surface area contributed by atoms with E-state index in [1.54, 1.807) is 0 Å². The lowest BCUT2D eigenvalue weighted by Crippen LogP contribution is -2.46. The van der Waals surface area contributed by atoms with Crippen LogP contribution < -0.4 is 5.32 Å². The summed E-state index contributed by atoms with van der Waals surface area (Å²) in [6.45, 7) is 0. The van der Waals surface area contributed by atoms with Gasteiger partial charge in [-0.1, -0.05) is 11.8 Å². The van der Waals surface area contributed by atoms with Gasteiger partial charge in [0.25, 0.3) is 0 Å². The Morgan fingerprint density at radius 3 is 2.71 bits per heavy atom. The highest BCUT2D eigenvalue weighted by molar-refractivity contribution is 8.14. The third-order valence-corrected chi connectivity index (χ3v) is 2.76.